The molecule has 0 radical (unpaired) electrons. The number of aliphatic imine (C=N–C) groups is 1. The number of aliphatic hydroxyl groups is 2. The van der Waals surface area contributed by atoms with Crippen molar-refractivity contribution in [2.24, 2.45) is 10.1 Å². The average Bonchev–Trinajstić information content (AvgIpc) is 3.38. The van der Waals surface area contributed by atoms with E-state index in [0.717, 1.165) is 48.1 Å². The van der Waals surface area contributed by atoms with Gasteiger partial charge in [0.15, 0.2) is 11.9 Å². The Bertz CT molecular complexity index is 1230. The first kappa shape index (κ1) is 32.2. The zero-order valence-electron chi connectivity index (χ0n) is 24.7. The fourth-order valence-corrected chi connectivity index (χ4v) is 5.25. The summed E-state index contributed by atoms with van der Waals surface area (Å²) in [5.41, 5.74) is 4.01. The van der Waals surface area contributed by atoms with Gasteiger partial charge in [0.25, 0.3) is 0 Å². The van der Waals surface area contributed by atoms with Crippen molar-refractivity contribution in [1.29, 1.82) is 0 Å². The number of carbonyl (C=O) groups excluding carboxylic acids is 1. The molecule has 1 aromatic rings. The van der Waals surface area contributed by atoms with E-state index < -0.39 is 11.9 Å². The second-order valence-electron chi connectivity index (χ2n) is 10.6. The molecule has 0 bridgehead atoms. The van der Waals surface area contributed by atoms with Gasteiger partial charge in [0.2, 0.25) is 6.41 Å². The molecule has 2 atom stereocenters. The van der Waals surface area contributed by atoms with Crippen molar-refractivity contribution in [3.63, 3.8) is 0 Å². The molecule has 222 valence electrons. The highest BCUT2D eigenvalue weighted by Crippen LogP contribution is 2.39. The van der Waals surface area contributed by atoms with E-state index in [1.54, 1.807) is 11.0 Å². The Hall–Kier alpha value is -3.36. The lowest BCUT2D eigenvalue weighted by Gasteiger charge is -2.28. The number of nitrogens with zero attached hydrogens (tertiary/aromatic N) is 3. The molecule has 0 saturated carbocycles. The fourth-order valence-electron chi connectivity index (χ4n) is 5.25. The summed E-state index contributed by atoms with van der Waals surface area (Å²) >= 11 is 0. The number of amides is 1. The van der Waals surface area contributed by atoms with Crippen LogP contribution in [0.5, 0.6) is 0 Å². The van der Waals surface area contributed by atoms with Gasteiger partial charge in [-0.3, -0.25) is 9.69 Å². The molecule has 1 aliphatic carbocycles. The summed E-state index contributed by atoms with van der Waals surface area (Å²) in [6.07, 6.45) is 15.8. The molecule has 8 heteroatoms. The van der Waals surface area contributed by atoms with Crippen LogP contribution in [-0.2, 0) is 9.63 Å². The van der Waals surface area contributed by atoms with Crippen LogP contribution in [0.2, 0.25) is 0 Å². The van der Waals surface area contributed by atoms with E-state index in [1.807, 2.05) is 32.0 Å². The Morgan fingerprint density at radius 2 is 2.12 bits per heavy atom. The molecule has 0 aromatic heterocycles. The number of benzene rings is 1. The number of hydrogen-bond acceptors (Lipinski definition) is 6. The molecule has 2 N–H and O–H groups in total. The molecule has 1 aliphatic heterocycles. The normalized spacial score (nSPS) is 21.3. The lowest BCUT2D eigenvalue weighted by Crippen LogP contribution is -2.38. The lowest BCUT2D eigenvalue weighted by molar-refractivity contribution is -0.115. The van der Waals surface area contributed by atoms with Crippen LogP contribution in [0.25, 0.3) is 0 Å². The Balaban J connectivity index is 1.94. The Kier molecular flexibility index (Phi) is 12.2. The summed E-state index contributed by atoms with van der Waals surface area (Å²) in [6.45, 7) is 8.25. The molecule has 7 nitrogen and oxygen atoms in total. The van der Waals surface area contributed by atoms with Gasteiger partial charge < -0.3 is 15.1 Å². The van der Waals surface area contributed by atoms with Crippen LogP contribution in [0.4, 0.5) is 10.1 Å². The maximum absolute atomic E-state index is 13.6. The molecule has 0 spiro atoms. The van der Waals surface area contributed by atoms with Crippen molar-refractivity contribution in [2.75, 3.05) is 0 Å². The van der Waals surface area contributed by atoms with Crippen LogP contribution < -0.4 is 0 Å². The fraction of sp³-hybridized carbons (Fsp3) is 0.485. The van der Waals surface area contributed by atoms with Gasteiger partial charge in [0, 0.05) is 18.4 Å². The van der Waals surface area contributed by atoms with E-state index in [0.29, 0.717) is 43.6 Å². The first-order valence-corrected chi connectivity index (χ1v) is 14.7. The highest BCUT2D eigenvalue weighted by atomic mass is 19.1. The molecule has 2 aliphatic rings. The van der Waals surface area contributed by atoms with E-state index in [-0.39, 0.29) is 18.3 Å². The van der Waals surface area contributed by atoms with Crippen LogP contribution >= 0.6 is 0 Å². The SMILES string of the molecule is C/C=C(\C=C/CC)C1(CCC)CC(c2ccc(C)c(/N=C(/CCCCC(O)O)N(C=O)C3C=CC(F)=CC3)c2)=NO1. The summed E-state index contributed by atoms with van der Waals surface area (Å²) in [6, 6.07) is 5.64. The van der Waals surface area contributed by atoms with Gasteiger partial charge in [-0.15, -0.1) is 0 Å². The molecule has 2 unspecified atom stereocenters. The second kappa shape index (κ2) is 15.6. The number of halogens is 1. The van der Waals surface area contributed by atoms with E-state index in [2.05, 4.69) is 37.2 Å². The molecule has 3 rings (SSSR count). The number of aryl methyl sites for hydroxylation is 1. The Labute approximate surface area is 243 Å². The monoisotopic (exact) mass is 565 g/mol. The molecular formula is C33H44FN3O4. The van der Waals surface area contributed by atoms with Crippen molar-refractivity contribution >= 4 is 23.6 Å². The number of hydrogen-bond donors (Lipinski definition) is 2. The van der Waals surface area contributed by atoms with Crippen LogP contribution in [-0.4, -0.2) is 51.0 Å². The maximum atomic E-state index is 13.6. The van der Waals surface area contributed by atoms with Crippen molar-refractivity contribution in [1.82, 2.24) is 4.90 Å². The third kappa shape index (κ3) is 8.57. The van der Waals surface area contributed by atoms with Gasteiger partial charge in [0.1, 0.15) is 11.7 Å². The molecule has 41 heavy (non-hydrogen) atoms. The first-order valence-electron chi connectivity index (χ1n) is 14.7. The van der Waals surface area contributed by atoms with Crippen molar-refractivity contribution < 1.29 is 24.2 Å². The molecule has 1 amide bonds. The van der Waals surface area contributed by atoms with Gasteiger partial charge in [-0.25, -0.2) is 9.38 Å². The van der Waals surface area contributed by atoms with Crippen LogP contribution in [0.1, 0.15) is 89.7 Å². The van der Waals surface area contributed by atoms with E-state index in [4.69, 9.17) is 9.83 Å². The average molecular weight is 566 g/mol. The predicted octanol–water partition coefficient (Wildman–Crippen LogP) is 7.11. The van der Waals surface area contributed by atoms with Crippen LogP contribution in [0.3, 0.4) is 0 Å². The van der Waals surface area contributed by atoms with Gasteiger partial charge in [0.05, 0.1) is 17.4 Å². The largest absolute Gasteiger partial charge is 0.384 e. The maximum Gasteiger partial charge on any atom is 0.215 e. The minimum atomic E-state index is -1.37. The third-order valence-corrected chi connectivity index (χ3v) is 7.51. The van der Waals surface area contributed by atoms with E-state index in [9.17, 15) is 19.4 Å². The van der Waals surface area contributed by atoms with E-state index >= 15 is 0 Å². The van der Waals surface area contributed by atoms with Crippen LogP contribution in [0, 0.1) is 6.92 Å². The smallest absolute Gasteiger partial charge is 0.215 e. The number of oxime groups is 1. The predicted molar refractivity (Wildman–Crippen MR) is 163 cm³/mol. The first-order chi connectivity index (χ1) is 19.8. The highest BCUT2D eigenvalue weighted by molar-refractivity contribution is 6.03. The number of carbonyl (C=O) groups is 1. The molecule has 0 saturated heterocycles. The Morgan fingerprint density at radius 1 is 1.32 bits per heavy atom. The third-order valence-electron chi connectivity index (χ3n) is 7.51. The number of aliphatic hydroxyl groups excluding tert-OH is 1. The summed E-state index contributed by atoms with van der Waals surface area (Å²) < 4.78 is 13.6. The number of unbranched alkanes of at least 4 members (excludes halogenated alkanes) is 1. The Morgan fingerprint density at radius 3 is 2.76 bits per heavy atom. The topological polar surface area (TPSA) is 94.7 Å². The molecule has 0 fully saturated rings. The summed E-state index contributed by atoms with van der Waals surface area (Å²) in [7, 11) is 0. The zero-order chi connectivity index (χ0) is 29.8. The van der Waals surface area contributed by atoms with E-state index in [1.165, 1.54) is 12.2 Å². The second-order valence-corrected chi connectivity index (χ2v) is 10.6. The highest BCUT2D eigenvalue weighted by Gasteiger charge is 2.41. The lowest BCUT2D eigenvalue weighted by atomic mass is 9.83. The minimum absolute atomic E-state index is 0.237. The molecule has 1 aromatic carbocycles. The standard InChI is InChI=1S/C33H44FN3O4/c1-5-8-11-26(7-3)33(20-6-2)22-30(36-41-33)25-15-14-24(4)29(21-25)35-31(12-9-10-13-32(39)40)37(23-38)28-18-16-27(34)17-19-28/h7-8,11,14-18,21,23,28,32,39-40H,5-6,9-10,12-13,19-20,22H2,1-4H3/b11-8-,26-7+,35-31-. The van der Waals surface area contributed by atoms with Crippen molar-refractivity contribution in [2.45, 2.75) is 103 Å². The van der Waals surface area contributed by atoms with Crippen LogP contribution in [0.15, 0.2) is 76.2 Å². The van der Waals surface area contributed by atoms with Gasteiger partial charge in [-0.05, 0) is 81.7 Å². The minimum Gasteiger partial charge on any atom is -0.384 e. The number of rotatable bonds is 14. The quantitative estimate of drug-likeness (QED) is 0.0628. The number of amidine groups is 1. The summed E-state index contributed by atoms with van der Waals surface area (Å²) in [5, 5.41) is 23.0. The van der Waals surface area contributed by atoms with Crippen molar-refractivity contribution in [3.05, 3.63) is 77.2 Å². The molecule has 1 heterocycles. The summed E-state index contributed by atoms with van der Waals surface area (Å²) in [4.78, 5) is 25.0. The van der Waals surface area contributed by atoms with Crippen molar-refractivity contribution in [3.8, 4) is 0 Å². The number of allylic oxidation sites excluding steroid dienone is 4. The molecular weight excluding hydrogens is 521 g/mol. The zero-order valence-corrected chi connectivity index (χ0v) is 24.7. The summed E-state index contributed by atoms with van der Waals surface area (Å²) in [5.74, 6) is 0.222. The van der Waals surface area contributed by atoms with Gasteiger partial charge >= 0.3 is 0 Å². The van der Waals surface area contributed by atoms with Gasteiger partial charge in [-0.1, -0.05) is 61.9 Å². The van der Waals surface area contributed by atoms with Gasteiger partial charge in [-0.2, -0.15) is 0 Å².